The van der Waals surface area contributed by atoms with Crippen molar-refractivity contribution in [3.05, 3.63) is 77.0 Å². The van der Waals surface area contributed by atoms with Crippen molar-refractivity contribution in [3.8, 4) is 11.3 Å². The maximum absolute atomic E-state index is 12.1. The Labute approximate surface area is 166 Å². The zero-order valence-corrected chi connectivity index (χ0v) is 15.7. The van der Waals surface area contributed by atoms with E-state index >= 15 is 0 Å². The molecule has 1 amide bonds. The van der Waals surface area contributed by atoms with Crippen molar-refractivity contribution in [3.63, 3.8) is 0 Å². The Morgan fingerprint density at radius 1 is 1.00 bits per heavy atom. The van der Waals surface area contributed by atoms with E-state index in [4.69, 9.17) is 20.8 Å². The normalized spacial score (nSPS) is 10.4. The van der Waals surface area contributed by atoms with Crippen LogP contribution in [0.5, 0.6) is 0 Å². The summed E-state index contributed by atoms with van der Waals surface area (Å²) < 4.78 is 10.5. The number of amides is 1. The van der Waals surface area contributed by atoms with Crippen LogP contribution in [0.15, 0.2) is 65.1 Å². The molecule has 0 spiro atoms. The van der Waals surface area contributed by atoms with Crippen LogP contribution in [0.3, 0.4) is 0 Å². The number of carbonyl (C=O) groups excluding carboxylic acids is 3. The van der Waals surface area contributed by atoms with Gasteiger partial charge in [-0.1, -0.05) is 48.0 Å². The molecular weight excluding hydrogens is 382 g/mol. The van der Waals surface area contributed by atoms with E-state index in [0.717, 1.165) is 0 Å². The van der Waals surface area contributed by atoms with E-state index in [0.29, 0.717) is 27.6 Å². The number of esters is 1. The van der Waals surface area contributed by atoms with Gasteiger partial charge in [0.05, 0.1) is 10.7 Å². The van der Waals surface area contributed by atoms with Gasteiger partial charge in [0, 0.05) is 11.1 Å². The highest BCUT2D eigenvalue weighted by atomic mass is 35.5. The van der Waals surface area contributed by atoms with Gasteiger partial charge in [-0.3, -0.25) is 9.59 Å². The monoisotopic (exact) mass is 397 g/mol. The third-order valence-corrected chi connectivity index (χ3v) is 4.20. The number of nitrogens with one attached hydrogen (secondary N) is 1. The van der Waals surface area contributed by atoms with E-state index in [-0.39, 0.29) is 11.5 Å². The average molecular weight is 398 g/mol. The first-order valence-electron chi connectivity index (χ1n) is 8.37. The topological polar surface area (TPSA) is 85.6 Å². The largest absolute Gasteiger partial charge is 0.450 e. The summed E-state index contributed by atoms with van der Waals surface area (Å²) in [6.45, 7) is 1.01. The first kappa shape index (κ1) is 19.4. The molecule has 142 valence electrons. The third kappa shape index (κ3) is 4.66. The molecule has 1 heterocycles. The summed E-state index contributed by atoms with van der Waals surface area (Å²) in [5, 5.41) is 2.94. The molecule has 0 atom stereocenters. The molecule has 6 nitrogen and oxygen atoms in total. The molecule has 0 unspecified atom stereocenters. The highest BCUT2D eigenvalue weighted by molar-refractivity contribution is 6.33. The first-order valence-corrected chi connectivity index (χ1v) is 8.74. The zero-order chi connectivity index (χ0) is 20.1. The van der Waals surface area contributed by atoms with Gasteiger partial charge in [-0.2, -0.15) is 0 Å². The molecule has 0 radical (unpaired) electrons. The van der Waals surface area contributed by atoms with Crippen LogP contribution in [-0.2, 0) is 9.53 Å². The minimum atomic E-state index is -0.763. The molecule has 28 heavy (non-hydrogen) atoms. The van der Waals surface area contributed by atoms with Crippen molar-refractivity contribution in [2.75, 3.05) is 11.9 Å². The van der Waals surface area contributed by atoms with Crippen LogP contribution in [0.4, 0.5) is 5.69 Å². The molecule has 0 saturated carbocycles. The standard InChI is InChI=1S/C21H16ClNO5/c1-13(24)14-6-8-15(9-7-14)18-10-11-19(28-18)21(26)27-12-20(25)23-17-5-3-2-4-16(17)22/h2-11H,12H2,1H3,(H,23,25). The number of furan rings is 1. The number of ether oxygens (including phenoxy) is 1. The predicted molar refractivity (Wildman–Crippen MR) is 105 cm³/mol. The van der Waals surface area contributed by atoms with Crippen molar-refractivity contribution in [1.82, 2.24) is 0 Å². The summed E-state index contributed by atoms with van der Waals surface area (Å²) in [5.74, 6) is -0.905. The second-order valence-electron chi connectivity index (χ2n) is 5.90. The molecule has 2 aromatic carbocycles. The van der Waals surface area contributed by atoms with Crippen LogP contribution >= 0.6 is 11.6 Å². The van der Waals surface area contributed by atoms with Gasteiger partial charge < -0.3 is 14.5 Å². The summed E-state index contributed by atoms with van der Waals surface area (Å²) in [5.41, 5.74) is 1.72. The van der Waals surface area contributed by atoms with Gasteiger partial charge in [-0.05, 0) is 31.2 Å². The number of rotatable bonds is 6. The van der Waals surface area contributed by atoms with Crippen molar-refractivity contribution < 1.29 is 23.5 Å². The van der Waals surface area contributed by atoms with Crippen LogP contribution in [0.2, 0.25) is 5.02 Å². The Kier molecular flexibility index (Phi) is 5.91. The minimum absolute atomic E-state index is 0.0313. The van der Waals surface area contributed by atoms with Crippen molar-refractivity contribution >= 4 is 34.9 Å². The van der Waals surface area contributed by atoms with Crippen molar-refractivity contribution in [2.24, 2.45) is 0 Å². The summed E-state index contributed by atoms with van der Waals surface area (Å²) in [7, 11) is 0. The van der Waals surface area contributed by atoms with E-state index in [1.807, 2.05) is 0 Å². The number of hydrogen-bond donors (Lipinski definition) is 1. The lowest BCUT2D eigenvalue weighted by Gasteiger charge is -2.07. The lowest BCUT2D eigenvalue weighted by Crippen LogP contribution is -2.20. The fourth-order valence-corrected chi connectivity index (χ4v) is 2.61. The lowest BCUT2D eigenvalue weighted by molar-refractivity contribution is -0.119. The van der Waals surface area contributed by atoms with Crippen LogP contribution in [0.1, 0.15) is 27.8 Å². The summed E-state index contributed by atoms with van der Waals surface area (Å²) in [6, 6.07) is 16.6. The van der Waals surface area contributed by atoms with E-state index in [1.54, 1.807) is 54.6 Å². The Hall–Kier alpha value is -3.38. The molecule has 1 N–H and O–H groups in total. The summed E-state index contributed by atoms with van der Waals surface area (Å²) >= 11 is 5.96. The molecule has 1 aromatic heterocycles. The van der Waals surface area contributed by atoms with Gasteiger partial charge in [0.15, 0.2) is 12.4 Å². The molecule has 0 saturated heterocycles. The van der Waals surface area contributed by atoms with E-state index in [9.17, 15) is 14.4 Å². The molecule has 0 aliphatic rings. The van der Waals surface area contributed by atoms with E-state index in [1.165, 1.54) is 13.0 Å². The predicted octanol–water partition coefficient (Wildman–Crippen LogP) is 4.60. The second kappa shape index (κ2) is 8.54. The number of Topliss-reactive ketones (excluding diaryl/α,β-unsaturated/α-hetero) is 1. The van der Waals surface area contributed by atoms with Gasteiger partial charge in [-0.25, -0.2) is 4.79 Å². The smallest absolute Gasteiger partial charge is 0.374 e. The Morgan fingerprint density at radius 3 is 2.39 bits per heavy atom. The van der Waals surface area contributed by atoms with Crippen LogP contribution in [0, 0.1) is 0 Å². The maximum atomic E-state index is 12.1. The third-order valence-electron chi connectivity index (χ3n) is 3.87. The highest BCUT2D eigenvalue weighted by Gasteiger charge is 2.16. The molecule has 3 rings (SSSR count). The van der Waals surface area contributed by atoms with E-state index in [2.05, 4.69) is 5.32 Å². The maximum Gasteiger partial charge on any atom is 0.374 e. The number of halogens is 1. The molecule has 0 fully saturated rings. The number of para-hydroxylation sites is 1. The van der Waals surface area contributed by atoms with Gasteiger partial charge in [0.1, 0.15) is 5.76 Å². The van der Waals surface area contributed by atoms with Crippen LogP contribution in [-0.4, -0.2) is 24.3 Å². The molecule has 0 aliphatic heterocycles. The number of carbonyl (C=O) groups is 3. The SMILES string of the molecule is CC(=O)c1ccc(-c2ccc(C(=O)OCC(=O)Nc3ccccc3Cl)o2)cc1. The number of benzene rings is 2. The van der Waals surface area contributed by atoms with Crippen molar-refractivity contribution in [2.45, 2.75) is 6.92 Å². The summed E-state index contributed by atoms with van der Waals surface area (Å²) in [4.78, 5) is 35.3. The number of ketones is 1. The van der Waals surface area contributed by atoms with E-state index < -0.39 is 18.5 Å². The van der Waals surface area contributed by atoms with Gasteiger partial charge in [0.25, 0.3) is 5.91 Å². The highest BCUT2D eigenvalue weighted by Crippen LogP contribution is 2.23. The number of hydrogen-bond acceptors (Lipinski definition) is 5. The number of anilines is 1. The fraction of sp³-hybridized carbons (Fsp3) is 0.0952. The average Bonchev–Trinajstić information content (AvgIpc) is 3.18. The Morgan fingerprint density at radius 2 is 1.71 bits per heavy atom. The summed E-state index contributed by atoms with van der Waals surface area (Å²) in [6.07, 6.45) is 0. The molecule has 7 heteroatoms. The molecule has 0 aliphatic carbocycles. The van der Waals surface area contributed by atoms with Crippen molar-refractivity contribution in [1.29, 1.82) is 0 Å². The molecule has 3 aromatic rings. The first-order chi connectivity index (χ1) is 13.4. The quantitative estimate of drug-likeness (QED) is 0.485. The Balaban J connectivity index is 1.59. The van der Waals surface area contributed by atoms with Crippen LogP contribution < -0.4 is 5.32 Å². The molecule has 0 bridgehead atoms. The zero-order valence-electron chi connectivity index (χ0n) is 14.9. The molecular formula is C21H16ClNO5. The van der Waals surface area contributed by atoms with Gasteiger partial charge >= 0.3 is 5.97 Å². The Bertz CT molecular complexity index is 1020. The fourth-order valence-electron chi connectivity index (χ4n) is 2.42. The minimum Gasteiger partial charge on any atom is -0.450 e. The van der Waals surface area contributed by atoms with Crippen LogP contribution in [0.25, 0.3) is 11.3 Å². The van der Waals surface area contributed by atoms with Gasteiger partial charge in [0.2, 0.25) is 5.76 Å². The lowest BCUT2D eigenvalue weighted by atomic mass is 10.1. The second-order valence-corrected chi connectivity index (χ2v) is 6.31. The van der Waals surface area contributed by atoms with Gasteiger partial charge in [-0.15, -0.1) is 0 Å².